The zero-order valence-electron chi connectivity index (χ0n) is 8.16. The van der Waals surface area contributed by atoms with Crippen LogP contribution in [0, 0.1) is 18.3 Å². The molecule has 0 atom stereocenters. The number of phenolic OH excluding ortho intramolecular Hbond substituents is 1. The Bertz CT molecular complexity index is 369. The van der Waals surface area contributed by atoms with Crippen LogP contribution in [0.2, 0.25) is 0 Å². The molecule has 1 aromatic rings. The Labute approximate surface area is 82.7 Å². The summed E-state index contributed by atoms with van der Waals surface area (Å²) in [5, 5.41) is 18.2. The molecule has 0 spiro atoms. The van der Waals surface area contributed by atoms with E-state index in [0.717, 1.165) is 5.56 Å². The minimum absolute atomic E-state index is 0.0497. The molecule has 0 radical (unpaired) electrons. The lowest BCUT2D eigenvalue weighted by molar-refractivity contribution is 0.0867. The molecule has 1 rings (SSSR count). The van der Waals surface area contributed by atoms with Gasteiger partial charge in [0.15, 0.2) is 0 Å². The highest BCUT2D eigenvalue weighted by Gasteiger charge is 2.05. The molecule has 14 heavy (non-hydrogen) atoms. The van der Waals surface area contributed by atoms with Gasteiger partial charge in [0, 0.05) is 6.54 Å². The molecule has 0 aliphatic carbocycles. The Hall–Kier alpha value is -1.57. The number of hydroxylamine groups is 1. The number of benzene rings is 1. The Balaban J connectivity index is 2.99. The second-order valence-electron chi connectivity index (χ2n) is 2.95. The summed E-state index contributed by atoms with van der Waals surface area (Å²) in [6, 6.07) is 5.38. The van der Waals surface area contributed by atoms with Crippen LogP contribution in [0.5, 0.6) is 5.75 Å². The van der Waals surface area contributed by atoms with E-state index in [2.05, 4.69) is 5.48 Å². The van der Waals surface area contributed by atoms with Gasteiger partial charge in [0.1, 0.15) is 11.8 Å². The van der Waals surface area contributed by atoms with Crippen LogP contribution in [0.15, 0.2) is 12.1 Å². The predicted octanol–water partition coefficient (Wildman–Crippen LogP) is 1.22. The fourth-order valence-corrected chi connectivity index (χ4v) is 1.20. The second-order valence-corrected chi connectivity index (χ2v) is 2.95. The lowest BCUT2D eigenvalue weighted by Crippen LogP contribution is -2.10. The van der Waals surface area contributed by atoms with Crippen molar-refractivity contribution in [2.24, 2.45) is 0 Å². The molecule has 0 heterocycles. The third-order valence-electron chi connectivity index (χ3n) is 1.90. The molecule has 0 fully saturated rings. The molecule has 0 amide bonds. The van der Waals surface area contributed by atoms with E-state index in [1.54, 1.807) is 13.0 Å². The van der Waals surface area contributed by atoms with Gasteiger partial charge in [-0.25, -0.2) is 0 Å². The van der Waals surface area contributed by atoms with E-state index in [4.69, 9.17) is 10.1 Å². The number of nitrogens with one attached hydrogen (secondary N) is 1. The summed E-state index contributed by atoms with van der Waals surface area (Å²) in [6.45, 7) is 2.26. The molecular weight excluding hydrogens is 180 g/mol. The summed E-state index contributed by atoms with van der Waals surface area (Å²) in [7, 11) is 1.53. The smallest absolute Gasteiger partial charge is 0.136 e. The highest BCUT2D eigenvalue weighted by molar-refractivity contribution is 5.49. The number of nitrogens with zero attached hydrogens (tertiary/aromatic N) is 1. The molecule has 74 valence electrons. The number of rotatable bonds is 3. The number of aromatic hydroxyl groups is 1. The quantitative estimate of drug-likeness (QED) is 0.707. The maximum absolute atomic E-state index is 9.47. The van der Waals surface area contributed by atoms with Crippen LogP contribution in [0.25, 0.3) is 0 Å². The van der Waals surface area contributed by atoms with E-state index in [1.165, 1.54) is 7.11 Å². The molecule has 0 unspecified atom stereocenters. The molecule has 4 nitrogen and oxygen atoms in total. The van der Waals surface area contributed by atoms with Crippen LogP contribution < -0.4 is 5.48 Å². The molecule has 0 bridgehead atoms. The van der Waals surface area contributed by atoms with Crippen LogP contribution >= 0.6 is 0 Å². The molecule has 2 N–H and O–H groups in total. The van der Waals surface area contributed by atoms with Gasteiger partial charge in [-0.2, -0.15) is 10.7 Å². The topological polar surface area (TPSA) is 65.3 Å². The molecule has 4 heteroatoms. The van der Waals surface area contributed by atoms with Gasteiger partial charge in [0.25, 0.3) is 0 Å². The summed E-state index contributed by atoms with van der Waals surface area (Å²) in [4.78, 5) is 4.69. The average molecular weight is 192 g/mol. The van der Waals surface area contributed by atoms with Crippen molar-refractivity contribution in [3.63, 3.8) is 0 Å². The zero-order chi connectivity index (χ0) is 10.6. The Morgan fingerprint density at radius 2 is 2.29 bits per heavy atom. The van der Waals surface area contributed by atoms with Gasteiger partial charge < -0.3 is 9.94 Å². The van der Waals surface area contributed by atoms with E-state index in [1.807, 2.05) is 12.1 Å². The van der Waals surface area contributed by atoms with Crippen molar-refractivity contribution in [3.8, 4) is 11.8 Å². The molecule has 0 saturated heterocycles. The van der Waals surface area contributed by atoms with Crippen LogP contribution in [-0.2, 0) is 11.4 Å². The molecule has 0 aromatic heterocycles. The van der Waals surface area contributed by atoms with E-state index in [-0.39, 0.29) is 11.3 Å². The van der Waals surface area contributed by atoms with Crippen molar-refractivity contribution in [3.05, 3.63) is 28.8 Å². The van der Waals surface area contributed by atoms with Crippen molar-refractivity contribution in [2.75, 3.05) is 7.11 Å². The van der Waals surface area contributed by atoms with Crippen molar-refractivity contribution < 1.29 is 9.94 Å². The number of hydrogen-bond acceptors (Lipinski definition) is 4. The van der Waals surface area contributed by atoms with Crippen LogP contribution in [0.3, 0.4) is 0 Å². The predicted molar refractivity (Wildman–Crippen MR) is 51.4 cm³/mol. The van der Waals surface area contributed by atoms with Gasteiger partial charge in [0.05, 0.1) is 12.7 Å². The normalized spacial score (nSPS) is 9.79. The van der Waals surface area contributed by atoms with Crippen LogP contribution in [0.1, 0.15) is 16.7 Å². The first-order chi connectivity index (χ1) is 6.69. The summed E-state index contributed by atoms with van der Waals surface area (Å²) < 4.78 is 0. The fraction of sp³-hybridized carbons (Fsp3) is 0.300. The van der Waals surface area contributed by atoms with Crippen molar-refractivity contribution in [2.45, 2.75) is 13.5 Å². The maximum Gasteiger partial charge on any atom is 0.136 e. The second kappa shape index (κ2) is 4.61. The summed E-state index contributed by atoms with van der Waals surface area (Å²) >= 11 is 0. The van der Waals surface area contributed by atoms with E-state index in [0.29, 0.717) is 12.1 Å². The lowest BCUT2D eigenvalue weighted by atomic mass is 10.1. The fourth-order valence-electron chi connectivity index (χ4n) is 1.20. The summed E-state index contributed by atoms with van der Waals surface area (Å²) in [5.41, 5.74) is 4.55. The SMILES string of the molecule is CONCc1cc(C)c(O)c(C#N)c1. The highest BCUT2D eigenvalue weighted by atomic mass is 16.6. The van der Waals surface area contributed by atoms with Crippen molar-refractivity contribution in [1.29, 1.82) is 5.26 Å². The van der Waals surface area contributed by atoms with Gasteiger partial charge in [-0.3, -0.25) is 0 Å². The van der Waals surface area contributed by atoms with Gasteiger partial charge in [0.2, 0.25) is 0 Å². The maximum atomic E-state index is 9.47. The molecule has 0 aliphatic heterocycles. The standard InChI is InChI=1S/C10H12N2O2/c1-7-3-8(6-12-14-2)4-9(5-11)10(7)13/h3-4,12-13H,6H2,1-2H3. The average Bonchev–Trinajstić information content (AvgIpc) is 2.19. The third-order valence-corrected chi connectivity index (χ3v) is 1.90. The Morgan fingerprint density at radius 1 is 1.57 bits per heavy atom. The van der Waals surface area contributed by atoms with E-state index < -0.39 is 0 Å². The van der Waals surface area contributed by atoms with Crippen molar-refractivity contribution >= 4 is 0 Å². The minimum atomic E-state index is 0.0497. The number of hydrogen-bond donors (Lipinski definition) is 2. The largest absolute Gasteiger partial charge is 0.506 e. The Kier molecular flexibility index (Phi) is 3.46. The van der Waals surface area contributed by atoms with Gasteiger partial charge >= 0.3 is 0 Å². The summed E-state index contributed by atoms with van der Waals surface area (Å²) in [6.07, 6.45) is 0. The number of nitriles is 1. The summed E-state index contributed by atoms with van der Waals surface area (Å²) in [5.74, 6) is 0.0497. The monoisotopic (exact) mass is 192 g/mol. The highest BCUT2D eigenvalue weighted by Crippen LogP contribution is 2.22. The molecule has 0 aliphatic rings. The van der Waals surface area contributed by atoms with Gasteiger partial charge in [-0.05, 0) is 24.1 Å². The van der Waals surface area contributed by atoms with E-state index >= 15 is 0 Å². The first-order valence-electron chi connectivity index (χ1n) is 4.17. The Morgan fingerprint density at radius 3 is 2.86 bits per heavy atom. The first kappa shape index (κ1) is 10.5. The van der Waals surface area contributed by atoms with Gasteiger partial charge in [-0.1, -0.05) is 6.07 Å². The minimum Gasteiger partial charge on any atom is -0.506 e. The van der Waals surface area contributed by atoms with Crippen molar-refractivity contribution in [1.82, 2.24) is 5.48 Å². The molecular formula is C10H12N2O2. The van der Waals surface area contributed by atoms with Crippen LogP contribution in [-0.4, -0.2) is 12.2 Å². The number of phenols is 1. The first-order valence-corrected chi connectivity index (χ1v) is 4.17. The zero-order valence-corrected chi connectivity index (χ0v) is 8.16. The third kappa shape index (κ3) is 2.22. The number of aryl methyl sites for hydroxylation is 1. The lowest BCUT2D eigenvalue weighted by Gasteiger charge is -2.06. The van der Waals surface area contributed by atoms with E-state index in [9.17, 15) is 5.11 Å². The molecule has 0 saturated carbocycles. The van der Waals surface area contributed by atoms with Crippen LogP contribution in [0.4, 0.5) is 0 Å². The van der Waals surface area contributed by atoms with Gasteiger partial charge in [-0.15, -0.1) is 0 Å². The molecule has 1 aromatic carbocycles.